The van der Waals surface area contributed by atoms with Crippen LogP contribution in [0.2, 0.25) is 0 Å². The van der Waals surface area contributed by atoms with Gasteiger partial charge in [0.25, 0.3) is 0 Å². The summed E-state index contributed by atoms with van der Waals surface area (Å²) in [6.07, 6.45) is 13.8. The molecule has 3 rings (SSSR count). The third-order valence-electron chi connectivity index (χ3n) is 3.30. The lowest BCUT2D eigenvalue weighted by Crippen LogP contribution is -2.20. The van der Waals surface area contributed by atoms with E-state index in [2.05, 4.69) is 34.0 Å². The molecule has 0 fully saturated rings. The highest BCUT2D eigenvalue weighted by Crippen LogP contribution is 2.26. The van der Waals surface area contributed by atoms with Crippen molar-refractivity contribution in [1.82, 2.24) is 15.0 Å². The molecule has 0 bridgehead atoms. The molecule has 3 nitrogen and oxygen atoms in total. The number of aromatic nitrogens is 3. The lowest BCUT2D eigenvalue weighted by atomic mass is 9.89. The van der Waals surface area contributed by atoms with Crippen LogP contribution in [0.5, 0.6) is 0 Å². The van der Waals surface area contributed by atoms with Gasteiger partial charge in [-0.05, 0) is 6.92 Å². The van der Waals surface area contributed by atoms with Gasteiger partial charge in [-0.25, -0.2) is 15.0 Å². The molecule has 1 aliphatic rings. The van der Waals surface area contributed by atoms with E-state index in [0.29, 0.717) is 5.82 Å². The third kappa shape index (κ3) is 2.43. The van der Waals surface area contributed by atoms with E-state index in [0.717, 1.165) is 11.4 Å². The maximum atomic E-state index is 4.63. The maximum Gasteiger partial charge on any atom is 0.163 e. The quantitative estimate of drug-likeness (QED) is 0.830. The van der Waals surface area contributed by atoms with Crippen molar-refractivity contribution in [2.45, 2.75) is 12.3 Å². The largest absolute Gasteiger partial charge is 0.220 e. The molecule has 98 valence electrons. The van der Waals surface area contributed by atoms with E-state index in [1.165, 1.54) is 0 Å². The molecular formula is C17H15N3. The minimum absolute atomic E-state index is 0.310. The first-order valence-electron chi connectivity index (χ1n) is 6.57. The van der Waals surface area contributed by atoms with E-state index in [4.69, 9.17) is 0 Å². The molecule has 0 radical (unpaired) electrons. The van der Waals surface area contributed by atoms with Crippen LogP contribution in [-0.4, -0.2) is 15.0 Å². The number of hydrogen-bond acceptors (Lipinski definition) is 3. The molecule has 0 saturated heterocycles. The summed E-state index contributed by atoms with van der Waals surface area (Å²) >= 11 is 0. The van der Waals surface area contributed by atoms with Crippen molar-refractivity contribution in [2.75, 3.05) is 0 Å². The van der Waals surface area contributed by atoms with Crippen molar-refractivity contribution in [1.29, 1.82) is 0 Å². The molecule has 0 N–H and O–H groups in total. The van der Waals surface area contributed by atoms with Crippen LogP contribution in [0.1, 0.15) is 12.7 Å². The summed E-state index contributed by atoms with van der Waals surface area (Å²) in [6, 6.07) is 9.95. The molecule has 2 aromatic rings. The smallest absolute Gasteiger partial charge is 0.163 e. The van der Waals surface area contributed by atoms with E-state index < -0.39 is 0 Å². The molecule has 0 spiro atoms. The van der Waals surface area contributed by atoms with Crippen molar-refractivity contribution >= 4 is 0 Å². The van der Waals surface area contributed by atoms with Gasteiger partial charge in [-0.3, -0.25) is 0 Å². The highest BCUT2D eigenvalue weighted by atomic mass is 15.0. The van der Waals surface area contributed by atoms with E-state index in [-0.39, 0.29) is 5.41 Å². The molecular weight excluding hydrogens is 246 g/mol. The molecule has 1 aliphatic carbocycles. The van der Waals surface area contributed by atoms with Gasteiger partial charge in [0.2, 0.25) is 0 Å². The van der Waals surface area contributed by atoms with Crippen LogP contribution >= 0.6 is 0 Å². The normalized spacial score (nSPS) is 16.1. The molecule has 1 heterocycles. The minimum Gasteiger partial charge on any atom is -0.220 e. The lowest BCUT2D eigenvalue weighted by molar-refractivity contribution is 0.680. The zero-order chi connectivity index (χ0) is 13.8. The Morgan fingerprint density at radius 3 is 2.25 bits per heavy atom. The van der Waals surface area contributed by atoms with Gasteiger partial charge in [0.1, 0.15) is 12.2 Å². The zero-order valence-electron chi connectivity index (χ0n) is 11.3. The first-order chi connectivity index (χ1) is 9.78. The summed E-state index contributed by atoms with van der Waals surface area (Å²) in [5.74, 6) is 1.46. The second-order valence-electron chi connectivity index (χ2n) is 4.88. The molecule has 20 heavy (non-hydrogen) atoms. The zero-order valence-corrected chi connectivity index (χ0v) is 11.3. The van der Waals surface area contributed by atoms with Crippen molar-refractivity contribution in [3.63, 3.8) is 0 Å². The number of benzene rings is 1. The predicted molar refractivity (Wildman–Crippen MR) is 80.0 cm³/mol. The van der Waals surface area contributed by atoms with Gasteiger partial charge in [0, 0.05) is 5.56 Å². The second-order valence-corrected chi connectivity index (χ2v) is 4.88. The summed E-state index contributed by atoms with van der Waals surface area (Å²) in [5, 5.41) is 0. The molecule has 3 heteroatoms. The number of hydrogen-bond donors (Lipinski definition) is 0. The summed E-state index contributed by atoms with van der Waals surface area (Å²) in [5.41, 5.74) is 0.690. The van der Waals surface area contributed by atoms with Crippen molar-refractivity contribution < 1.29 is 0 Å². The van der Waals surface area contributed by atoms with Gasteiger partial charge in [-0.1, -0.05) is 66.8 Å². The van der Waals surface area contributed by atoms with Crippen LogP contribution in [0.25, 0.3) is 11.4 Å². The Hall–Kier alpha value is -2.55. The van der Waals surface area contributed by atoms with Crippen LogP contribution in [0, 0.1) is 0 Å². The van der Waals surface area contributed by atoms with Crippen LogP contribution in [0.15, 0.2) is 73.1 Å². The molecule has 0 amide bonds. The van der Waals surface area contributed by atoms with Crippen molar-refractivity contribution in [2.24, 2.45) is 0 Å². The third-order valence-corrected chi connectivity index (χ3v) is 3.30. The van der Waals surface area contributed by atoms with E-state index in [1.54, 1.807) is 6.33 Å². The molecule has 1 aromatic carbocycles. The molecule has 0 saturated carbocycles. The first kappa shape index (κ1) is 12.5. The van der Waals surface area contributed by atoms with Crippen LogP contribution in [0.3, 0.4) is 0 Å². The summed E-state index contributed by atoms with van der Waals surface area (Å²) in [6.45, 7) is 2.09. The van der Waals surface area contributed by atoms with Crippen LogP contribution in [0.4, 0.5) is 0 Å². The fourth-order valence-electron chi connectivity index (χ4n) is 2.13. The van der Waals surface area contributed by atoms with Gasteiger partial charge in [-0.2, -0.15) is 0 Å². The minimum atomic E-state index is -0.310. The topological polar surface area (TPSA) is 38.7 Å². The summed E-state index contributed by atoms with van der Waals surface area (Å²) in [4.78, 5) is 13.3. The Balaban J connectivity index is 2.04. The van der Waals surface area contributed by atoms with Crippen molar-refractivity contribution in [3.05, 3.63) is 78.9 Å². The predicted octanol–water partition coefficient (Wildman–Crippen LogP) is 3.48. The maximum absolute atomic E-state index is 4.63. The standard InChI is InChI=1S/C17H15N3/c1-17(11-7-2-3-8-12-17)16-19-13-18-15(20-16)14-9-5-4-6-10-14/h2-13H,1H3. The van der Waals surface area contributed by atoms with E-state index in [9.17, 15) is 0 Å². The SMILES string of the molecule is CC1(c2ncnc(-c3ccccc3)n2)C=CC=CC=C1. The number of allylic oxidation sites excluding steroid dienone is 6. The Morgan fingerprint density at radius 1 is 0.850 bits per heavy atom. The Kier molecular flexibility index (Phi) is 3.25. The van der Waals surface area contributed by atoms with Gasteiger partial charge in [0.15, 0.2) is 5.82 Å². The fraction of sp³-hybridized carbons (Fsp3) is 0.118. The lowest BCUT2D eigenvalue weighted by Gasteiger charge is -2.19. The highest BCUT2D eigenvalue weighted by molar-refractivity contribution is 5.54. The molecule has 0 unspecified atom stereocenters. The Bertz CT molecular complexity index is 668. The number of rotatable bonds is 2. The Labute approximate surface area is 118 Å². The monoisotopic (exact) mass is 261 g/mol. The second kappa shape index (κ2) is 5.21. The summed E-state index contributed by atoms with van der Waals surface area (Å²) < 4.78 is 0. The fourth-order valence-corrected chi connectivity index (χ4v) is 2.13. The van der Waals surface area contributed by atoms with Crippen LogP contribution < -0.4 is 0 Å². The molecule has 0 atom stereocenters. The average molecular weight is 261 g/mol. The van der Waals surface area contributed by atoms with Gasteiger partial charge in [0.05, 0.1) is 5.41 Å². The molecule has 1 aromatic heterocycles. The average Bonchev–Trinajstić information content (AvgIpc) is 2.74. The van der Waals surface area contributed by atoms with Crippen LogP contribution in [-0.2, 0) is 5.41 Å². The first-order valence-corrected chi connectivity index (χ1v) is 6.57. The number of nitrogens with zero attached hydrogens (tertiary/aromatic N) is 3. The van der Waals surface area contributed by atoms with Crippen molar-refractivity contribution in [3.8, 4) is 11.4 Å². The van der Waals surface area contributed by atoms with Gasteiger partial charge >= 0.3 is 0 Å². The highest BCUT2D eigenvalue weighted by Gasteiger charge is 2.24. The Morgan fingerprint density at radius 2 is 1.55 bits per heavy atom. The summed E-state index contributed by atoms with van der Waals surface area (Å²) in [7, 11) is 0. The van der Waals surface area contributed by atoms with E-state index >= 15 is 0 Å². The van der Waals surface area contributed by atoms with E-state index in [1.807, 2.05) is 54.6 Å². The molecule has 0 aliphatic heterocycles. The van der Waals surface area contributed by atoms with Gasteiger partial charge in [-0.15, -0.1) is 0 Å². The van der Waals surface area contributed by atoms with Gasteiger partial charge < -0.3 is 0 Å².